The summed E-state index contributed by atoms with van der Waals surface area (Å²) in [5, 5.41) is 2.72. The van der Waals surface area contributed by atoms with Gasteiger partial charge in [0.2, 0.25) is 10.0 Å². The van der Waals surface area contributed by atoms with Gasteiger partial charge in [-0.15, -0.1) is 0 Å². The van der Waals surface area contributed by atoms with E-state index in [-0.39, 0.29) is 28.6 Å². The first-order valence-electron chi connectivity index (χ1n) is 9.26. The molecule has 1 aliphatic heterocycles. The number of sulfonamides is 1. The fourth-order valence-electron chi connectivity index (χ4n) is 3.43. The van der Waals surface area contributed by atoms with Crippen LogP contribution >= 0.6 is 11.6 Å². The molecule has 1 heterocycles. The summed E-state index contributed by atoms with van der Waals surface area (Å²) in [7, 11) is -3.90. The minimum Gasteiger partial charge on any atom is -0.296 e. The van der Waals surface area contributed by atoms with Crippen molar-refractivity contribution in [3.05, 3.63) is 64.2 Å². The second kappa shape index (κ2) is 8.62. The lowest BCUT2D eigenvalue weighted by Gasteiger charge is -2.30. The van der Waals surface area contributed by atoms with Gasteiger partial charge in [-0.25, -0.2) is 13.1 Å². The van der Waals surface area contributed by atoms with Gasteiger partial charge in [0.25, 0.3) is 11.8 Å². The van der Waals surface area contributed by atoms with Crippen LogP contribution in [0.1, 0.15) is 46.2 Å². The minimum absolute atomic E-state index is 0.0595. The average molecular weight is 436 g/mol. The predicted molar refractivity (Wildman–Crippen MR) is 111 cm³/mol. The first-order chi connectivity index (χ1) is 13.8. The lowest BCUT2D eigenvalue weighted by atomic mass is 10.1. The molecule has 0 aromatic heterocycles. The SMILES string of the molecule is CCN(CC)C(CNS(=O)(=O)c1ccc2c(c1)C(=O)NC2=O)c1ccccc1Cl. The lowest BCUT2D eigenvalue weighted by molar-refractivity contribution is 0.0879. The molecule has 0 radical (unpaired) electrons. The molecular weight excluding hydrogens is 414 g/mol. The fraction of sp³-hybridized carbons (Fsp3) is 0.300. The second-order valence-electron chi connectivity index (χ2n) is 6.60. The molecule has 0 saturated heterocycles. The Kier molecular flexibility index (Phi) is 6.38. The number of carbonyl (C=O) groups excluding carboxylic acids is 2. The van der Waals surface area contributed by atoms with Crippen molar-refractivity contribution < 1.29 is 18.0 Å². The Bertz CT molecular complexity index is 1050. The number of carbonyl (C=O) groups is 2. The van der Waals surface area contributed by atoms with E-state index in [0.717, 1.165) is 18.7 Å². The van der Waals surface area contributed by atoms with Gasteiger partial charge in [-0.05, 0) is 42.9 Å². The third-order valence-electron chi connectivity index (χ3n) is 5.00. The van der Waals surface area contributed by atoms with Crippen LogP contribution in [0.5, 0.6) is 0 Å². The molecule has 7 nitrogen and oxygen atoms in total. The highest BCUT2D eigenvalue weighted by molar-refractivity contribution is 7.89. The molecule has 3 rings (SSSR count). The van der Waals surface area contributed by atoms with Gasteiger partial charge >= 0.3 is 0 Å². The van der Waals surface area contributed by atoms with Crippen LogP contribution in [0.3, 0.4) is 0 Å². The first kappa shape index (κ1) is 21.4. The zero-order chi connectivity index (χ0) is 21.2. The van der Waals surface area contributed by atoms with Crippen molar-refractivity contribution in [3.63, 3.8) is 0 Å². The third kappa shape index (κ3) is 4.35. The van der Waals surface area contributed by atoms with Crippen molar-refractivity contribution in [2.75, 3.05) is 19.6 Å². The van der Waals surface area contributed by atoms with Gasteiger partial charge in [0.1, 0.15) is 0 Å². The van der Waals surface area contributed by atoms with Crippen molar-refractivity contribution in [2.24, 2.45) is 0 Å². The fourth-order valence-corrected chi connectivity index (χ4v) is 4.76. The Morgan fingerprint density at radius 2 is 1.69 bits per heavy atom. The lowest BCUT2D eigenvalue weighted by Crippen LogP contribution is -2.38. The molecule has 0 saturated carbocycles. The van der Waals surface area contributed by atoms with Crippen molar-refractivity contribution >= 4 is 33.4 Å². The average Bonchev–Trinajstić information content (AvgIpc) is 2.99. The van der Waals surface area contributed by atoms with E-state index in [4.69, 9.17) is 11.6 Å². The van der Waals surface area contributed by atoms with Crippen LogP contribution in [-0.4, -0.2) is 44.8 Å². The maximum Gasteiger partial charge on any atom is 0.258 e. The number of halogens is 1. The molecule has 1 aliphatic rings. The predicted octanol–water partition coefficient (Wildman–Crippen LogP) is 2.58. The molecule has 0 bridgehead atoms. The number of hydrogen-bond acceptors (Lipinski definition) is 5. The van der Waals surface area contributed by atoms with Crippen LogP contribution in [0.25, 0.3) is 0 Å². The number of imide groups is 1. The molecule has 2 amide bonds. The van der Waals surface area contributed by atoms with E-state index in [2.05, 4.69) is 14.9 Å². The number of likely N-dealkylation sites (N-methyl/N-ethyl adjacent to an activating group) is 1. The molecule has 1 unspecified atom stereocenters. The van der Waals surface area contributed by atoms with Crippen LogP contribution in [0.4, 0.5) is 0 Å². The Hall–Kier alpha value is -2.26. The normalized spacial score (nSPS) is 14.8. The number of rotatable bonds is 8. The highest BCUT2D eigenvalue weighted by atomic mass is 35.5. The number of fused-ring (bicyclic) bond motifs is 1. The summed E-state index contributed by atoms with van der Waals surface area (Å²) in [4.78, 5) is 25.5. The molecule has 0 fully saturated rings. The summed E-state index contributed by atoms with van der Waals surface area (Å²) in [5.41, 5.74) is 1.06. The maximum absolute atomic E-state index is 12.9. The van der Waals surface area contributed by atoms with E-state index in [9.17, 15) is 18.0 Å². The summed E-state index contributed by atoms with van der Waals surface area (Å²) in [6, 6.07) is 11.0. The van der Waals surface area contributed by atoms with Gasteiger partial charge in [-0.2, -0.15) is 0 Å². The molecule has 2 N–H and O–H groups in total. The van der Waals surface area contributed by atoms with Gasteiger partial charge in [0, 0.05) is 17.6 Å². The zero-order valence-corrected chi connectivity index (χ0v) is 17.7. The van der Waals surface area contributed by atoms with Crippen LogP contribution in [0.2, 0.25) is 5.02 Å². The van der Waals surface area contributed by atoms with Crippen LogP contribution in [-0.2, 0) is 10.0 Å². The summed E-state index contributed by atoms with van der Waals surface area (Å²) in [6.45, 7) is 5.54. The summed E-state index contributed by atoms with van der Waals surface area (Å²) < 4.78 is 28.3. The van der Waals surface area contributed by atoms with E-state index in [1.807, 2.05) is 32.0 Å². The van der Waals surface area contributed by atoms with Gasteiger partial charge in [-0.3, -0.25) is 19.8 Å². The van der Waals surface area contributed by atoms with Gasteiger partial charge in [0.15, 0.2) is 0 Å². The maximum atomic E-state index is 12.9. The number of nitrogens with one attached hydrogen (secondary N) is 2. The number of nitrogens with zero attached hydrogens (tertiary/aromatic N) is 1. The largest absolute Gasteiger partial charge is 0.296 e. The first-order valence-corrected chi connectivity index (χ1v) is 11.1. The second-order valence-corrected chi connectivity index (χ2v) is 8.78. The number of hydrogen-bond donors (Lipinski definition) is 2. The number of benzene rings is 2. The Labute approximate surface area is 175 Å². The quantitative estimate of drug-likeness (QED) is 0.621. The molecular formula is C20H22ClN3O4S. The molecule has 0 spiro atoms. The van der Waals surface area contributed by atoms with Crippen molar-refractivity contribution in [3.8, 4) is 0 Å². The topological polar surface area (TPSA) is 95.6 Å². The molecule has 0 aliphatic carbocycles. The van der Waals surface area contributed by atoms with Crippen LogP contribution < -0.4 is 10.0 Å². The molecule has 2 aromatic rings. The minimum atomic E-state index is -3.90. The van der Waals surface area contributed by atoms with E-state index < -0.39 is 21.8 Å². The summed E-state index contributed by atoms with van der Waals surface area (Å²) in [5.74, 6) is -1.12. The van der Waals surface area contributed by atoms with Gasteiger partial charge in [-0.1, -0.05) is 43.6 Å². The smallest absolute Gasteiger partial charge is 0.258 e. The molecule has 29 heavy (non-hydrogen) atoms. The van der Waals surface area contributed by atoms with Crippen molar-refractivity contribution in [2.45, 2.75) is 24.8 Å². The van der Waals surface area contributed by atoms with Crippen LogP contribution in [0, 0.1) is 0 Å². The molecule has 2 aromatic carbocycles. The highest BCUT2D eigenvalue weighted by Gasteiger charge is 2.29. The van der Waals surface area contributed by atoms with Crippen molar-refractivity contribution in [1.82, 2.24) is 14.9 Å². The summed E-state index contributed by atoms with van der Waals surface area (Å²) in [6.07, 6.45) is 0. The van der Waals surface area contributed by atoms with E-state index in [1.165, 1.54) is 18.2 Å². The number of amides is 2. The zero-order valence-electron chi connectivity index (χ0n) is 16.1. The van der Waals surface area contributed by atoms with E-state index in [0.29, 0.717) is 5.02 Å². The van der Waals surface area contributed by atoms with Gasteiger partial charge < -0.3 is 0 Å². The molecule has 1 atom stereocenters. The monoisotopic (exact) mass is 435 g/mol. The van der Waals surface area contributed by atoms with Crippen molar-refractivity contribution in [1.29, 1.82) is 0 Å². The van der Waals surface area contributed by atoms with Crippen LogP contribution in [0.15, 0.2) is 47.4 Å². The van der Waals surface area contributed by atoms with Gasteiger partial charge in [0.05, 0.1) is 16.0 Å². The highest BCUT2D eigenvalue weighted by Crippen LogP contribution is 2.28. The Balaban J connectivity index is 1.87. The Morgan fingerprint density at radius 1 is 1.03 bits per heavy atom. The molecule has 9 heteroatoms. The standard InChI is InChI=1S/C20H22ClN3O4S/c1-3-24(4-2)18(15-7-5-6-8-17(15)21)12-22-29(27,28)13-9-10-14-16(11-13)20(26)23-19(14)25/h5-11,18,22H,3-4,12H2,1-2H3,(H,23,25,26). The summed E-state index contributed by atoms with van der Waals surface area (Å²) >= 11 is 6.36. The third-order valence-corrected chi connectivity index (χ3v) is 6.77. The molecule has 154 valence electrons. The van der Waals surface area contributed by atoms with E-state index in [1.54, 1.807) is 6.07 Å². The van der Waals surface area contributed by atoms with E-state index >= 15 is 0 Å². The Morgan fingerprint density at radius 3 is 2.34 bits per heavy atom.